The van der Waals surface area contributed by atoms with E-state index in [0.717, 1.165) is 55.9 Å². The first-order valence-electron chi connectivity index (χ1n) is 11.5. The van der Waals surface area contributed by atoms with Crippen LogP contribution in [0.25, 0.3) is 28.4 Å². The zero-order valence-electron chi connectivity index (χ0n) is 18.2. The van der Waals surface area contributed by atoms with Crippen molar-refractivity contribution in [2.75, 3.05) is 36.4 Å². The minimum Gasteiger partial charge on any atom is -0.354 e. The Balaban J connectivity index is 1.47. The van der Waals surface area contributed by atoms with Crippen molar-refractivity contribution < 1.29 is 4.39 Å². The highest BCUT2D eigenvalue weighted by Gasteiger charge is 2.21. The minimum atomic E-state index is -0.283. The first-order chi connectivity index (χ1) is 16.2. The summed E-state index contributed by atoms with van der Waals surface area (Å²) in [6, 6.07) is 12.7. The molecule has 1 aliphatic heterocycles. The highest BCUT2D eigenvalue weighted by molar-refractivity contribution is 5.81. The molecule has 0 bridgehead atoms. The van der Waals surface area contributed by atoms with E-state index in [-0.39, 0.29) is 5.82 Å². The molecule has 3 aromatic heterocycles. The second-order valence-corrected chi connectivity index (χ2v) is 8.54. The molecule has 0 spiro atoms. The maximum atomic E-state index is 13.6. The second-order valence-electron chi connectivity index (χ2n) is 8.54. The molecule has 2 fully saturated rings. The van der Waals surface area contributed by atoms with Crippen molar-refractivity contribution >= 4 is 22.9 Å². The van der Waals surface area contributed by atoms with Crippen LogP contribution in [0.15, 0.2) is 48.7 Å². The highest BCUT2D eigenvalue weighted by Crippen LogP contribution is 2.29. The first-order valence-corrected chi connectivity index (χ1v) is 11.5. The third kappa shape index (κ3) is 3.89. The number of hydrogen-bond acceptors (Lipinski definition) is 7. The number of nitrogens with zero attached hydrogens (tertiary/aromatic N) is 6. The Morgan fingerprint density at radius 3 is 2.48 bits per heavy atom. The van der Waals surface area contributed by atoms with Gasteiger partial charge in [0.25, 0.3) is 0 Å². The Morgan fingerprint density at radius 1 is 0.909 bits per heavy atom. The van der Waals surface area contributed by atoms with Gasteiger partial charge in [-0.05, 0) is 61.7 Å². The van der Waals surface area contributed by atoms with Crippen LogP contribution in [0.4, 0.5) is 16.2 Å². The summed E-state index contributed by atoms with van der Waals surface area (Å²) in [6.45, 7) is 3.69. The molecular formula is C24H25FN8. The number of piperazine rings is 1. The van der Waals surface area contributed by atoms with E-state index in [9.17, 15) is 4.39 Å². The lowest BCUT2D eigenvalue weighted by Gasteiger charge is -2.28. The van der Waals surface area contributed by atoms with Crippen LogP contribution in [0, 0.1) is 5.82 Å². The zero-order chi connectivity index (χ0) is 22.2. The van der Waals surface area contributed by atoms with Gasteiger partial charge in [0.1, 0.15) is 23.3 Å². The summed E-state index contributed by atoms with van der Waals surface area (Å²) >= 11 is 0. The van der Waals surface area contributed by atoms with Gasteiger partial charge in [0.2, 0.25) is 5.95 Å². The number of aromatic nitrogens is 5. The van der Waals surface area contributed by atoms with Crippen molar-refractivity contribution in [1.82, 2.24) is 29.8 Å². The predicted molar refractivity (Wildman–Crippen MR) is 126 cm³/mol. The van der Waals surface area contributed by atoms with Crippen molar-refractivity contribution in [3.8, 4) is 17.2 Å². The Kier molecular flexibility index (Phi) is 5.10. The fourth-order valence-corrected chi connectivity index (χ4v) is 4.33. The van der Waals surface area contributed by atoms with Gasteiger partial charge >= 0.3 is 0 Å². The lowest BCUT2D eigenvalue weighted by Crippen LogP contribution is -2.43. The van der Waals surface area contributed by atoms with E-state index in [0.29, 0.717) is 29.3 Å². The number of halogens is 1. The van der Waals surface area contributed by atoms with Crippen molar-refractivity contribution in [1.29, 1.82) is 0 Å². The number of hydrogen-bond donors (Lipinski definition) is 2. The zero-order valence-corrected chi connectivity index (χ0v) is 18.2. The molecule has 0 atom stereocenters. The van der Waals surface area contributed by atoms with Crippen molar-refractivity contribution in [2.24, 2.45) is 0 Å². The van der Waals surface area contributed by atoms with E-state index in [1.54, 1.807) is 18.3 Å². The van der Waals surface area contributed by atoms with E-state index in [2.05, 4.69) is 20.5 Å². The summed E-state index contributed by atoms with van der Waals surface area (Å²) in [5.74, 6) is 2.60. The Morgan fingerprint density at radius 2 is 1.73 bits per heavy atom. The molecule has 6 rings (SSSR count). The van der Waals surface area contributed by atoms with E-state index >= 15 is 0 Å². The van der Waals surface area contributed by atoms with Crippen LogP contribution < -0.4 is 15.5 Å². The number of pyridine rings is 1. The van der Waals surface area contributed by atoms with Gasteiger partial charge < -0.3 is 15.5 Å². The summed E-state index contributed by atoms with van der Waals surface area (Å²) in [7, 11) is 0. The fraction of sp³-hybridized carbons (Fsp3) is 0.333. The Labute approximate surface area is 190 Å². The fourth-order valence-electron chi connectivity index (χ4n) is 4.33. The van der Waals surface area contributed by atoms with Gasteiger partial charge in [0.05, 0.1) is 5.52 Å². The number of rotatable bonds is 5. The summed E-state index contributed by atoms with van der Waals surface area (Å²) in [4.78, 5) is 21.2. The first kappa shape index (κ1) is 20.0. The Hall–Kier alpha value is -3.59. The van der Waals surface area contributed by atoms with Crippen LogP contribution >= 0.6 is 0 Å². The molecule has 1 aliphatic carbocycles. The smallest absolute Gasteiger partial charge is 0.224 e. The molecule has 1 aromatic carbocycles. The van der Waals surface area contributed by atoms with Gasteiger partial charge in [0, 0.05) is 44.0 Å². The molecule has 0 unspecified atom stereocenters. The molecule has 4 aromatic rings. The average molecular weight is 445 g/mol. The summed E-state index contributed by atoms with van der Waals surface area (Å²) < 4.78 is 15.6. The molecule has 33 heavy (non-hydrogen) atoms. The molecule has 2 aliphatic rings. The van der Waals surface area contributed by atoms with E-state index < -0.39 is 0 Å². The van der Waals surface area contributed by atoms with Crippen LogP contribution in [-0.4, -0.2) is 56.7 Å². The highest BCUT2D eigenvalue weighted by atomic mass is 19.1. The normalized spacial score (nSPS) is 16.7. The van der Waals surface area contributed by atoms with Crippen LogP contribution in [0.5, 0.6) is 0 Å². The minimum absolute atomic E-state index is 0.283. The number of benzene rings is 1. The van der Waals surface area contributed by atoms with Crippen LogP contribution in [0.3, 0.4) is 0 Å². The molecule has 4 heterocycles. The Bertz CT molecular complexity index is 1280. The van der Waals surface area contributed by atoms with Crippen LogP contribution in [-0.2, 0) is 0 Å². The van der Waals surface area contributed by atoms with Gasteiger partial charge in [-0.25, -0.2) is 19.3 Å². The van der Waals surface area contributed by atoms with Gasteiger partial charge in [0.15, 0.2) is 5.65 Å². The maximum Gasteiger partial charge on any atom is 0.224 e. The molecule has 8 nitrogen and oxygen atoms in total. The number of nitrogens with one attached hydrogen (secondary N) is 2. The number of imidazole rings is 1. The summed E-state index contributed by atoms with van der Waals surface area (Å²) in [5.41, 5.74) is 2.28. The lowest BCUT2D eigenvalue weighted by molar-refractivity contribution is 0.443. The molecule has 9 heteroatoms. The number of fused-ring (bicyclic) bond motifs is 1. The summed E-state index contributed by atoms with van der Waals surface area (Å²) in [5, 5.41) is 6.78. The molecule has 2 N–H and O–H groups in total. The molecule has 168 valence electrons. The third-order valence-corrected chi connectivity index (χ3v) is 6.36. The van der Waals surface area contributed by atoms with Crippen molar-refractivity contribution in [2.45, 2.75) is 25.3 Å². The molecule has 1 saturated carbocycles. The van der Waals surface area contributed by atoms with Crippen molar-refractivity contribution in [3.63, 3.8) is 0 Å². The molecule has 0 radical (unpaired) electrons. The van der Waals surface area contributed by atoms with Gasteiger partial charge in [-0.3, -0.25) is 4.57 Å². The van der Waals surface area contributed by atoms with Crippen molar-refractivity contribution in [3.05, 3.63) is 54.5 Å². The largest absolute Gasteiger partial charge is 0.354 e. The SMILES string of the molecule is Fc1ccc(-c2nc3nc(N4CCNCC4)ccc3n2-c2ccnc(NC3CCC3)n2)cc1. The van der Waals surface area contributed by atoms with Crippen LogP contribution in [0.2, 0.25) is 0 Å². The van der Waals surface area contributed by atoms with E-state index in [1.807, 2.05) is 22.8 Å². The van der Waals surface area contributed by atoms with E-state index in [4.69, 9.17) is 15.0 Å². The number of anilines is 2. The van der Waals surface area contributed by atoms with Gasteiger partial charge in [-0.1, -0.05) is 0 Å². The predicted octanol–water partition coefficient (Wildman–Crippen LogP) is 3.39. The van der Waals surface area contributed by atoms with Gasteiger partial charge in [-0.15, -0.1) is 0 Å². The third-order valence-electron chi connectivity index (χ3n) is 6.36. The van der Waals surface area contributed by atoms with Crippen LogP contribution in [0.1, 0.15) is 19.3 Å². The maximum absolute atomic E-state index is 13.6. The molecule has 0 amide bonds. The quantitative estimate of drug-likeness (QED) is 0.488. The summed E-state index contributed by atoms with van der Waals surface area (Å²) in [6.07, 6.45) is 5.27. The second kappa shape index (κ2) is 8.40. The molecule has 1 saturated heterocycles. The van der Waals surface area contributed by atoms with Gasteiger partial charge in [-0.2, -0.15) is 4.98 Å². The topological polar surface area (TPSA) is 83.8 Å². The monoisotopic (exact) mass is 444 g/mol. The molecular weight excluding hydrogens is 419 g/mol. The standard InChI is InChI=1S/C24H25FN8/c25-17-6-4-16(5-7-17)23-31-22-19(8-9-20(29-22)32-14-12-26-13-15-32)33(23)21-10-11-27-24(30-21)28-18-2-1-3-18/h4-11,18,26H,1-3,12-15H2,(H,27,28,30). The van der Waals surface area contributed by atoms with E-state index in [1.165, 1.54) is 18.6 Å². The lowest BCUT2D eigenvalue weighted by atomic mass is 9.93. The average Bonchev–Trinajstić information content (AvgIpc) is 3.21.